The summed E-state index contributed by atoms with van der Waals surface area (Å²) in [5, 5.41) is 0. The number of aromatic nitrogens is 2. The number of halogens is 1. The van der Waals surface area contributed by atoms with Gasteiger partial charge in [-0.15, -0.1) is 0 Å². The lowest BCUT2D eigenvalue weighted by molar-refractivity contribution is 0.258. The fraction of sp³-hybridized carbons (Fsp3) is 0.571. The Balaban J connectivity index is 1.65. The van der Waals surface area contributed by atoms with Crippen LogP contribution >= 0.6 is 27.7 Å². The maximum Gasteiger partial charge on any atom is 0.161 e. The quantitative estimate of drug-likeness (QED) is 0.158. The van der Waals surface area contributed by atoms with E-state index in [2.05, 4.69) is 62.8 Å². The largest absolute Gasteiger partial charge is 0.490 e. The molecular formula is C28H39BrN2O2S. The van der Waals surface area contributed by atoms with Crippen LogP contribution in [0.1, 0.15) is 90.9 Å². The third kappa shape index (κ3) is 8.53. The van der Waals surface area contributed by atoms with Crippen molar-refractivity contribution in [3.63, 3.8) is 0 Å². The fourth-order valence-electron chi connectivity index (χ4n) is 4.06. The summed E-state index contributed by atoms with van der Waals surface area (Å²) < 4.78 is 22.2. The minimum absolute atomic E-state index is 0.721. The molecule has 3 aromatic rings. The normalized spacial score (nSPS) is 11.3. The second-order valence-corrected chi connectivity index (χ2v) is 10.4. The standard InChI is InChI=1S/C28H39BrN2O2S/c1-3-5-7-9-11-13-17-32-27-16-15-22(19-28(27)33-18-14-12-10-8-6-4-2)23-20-25-26(21-24(23)29)31-34-30-25/h15-16,19-21H,3-14,17-18H2,1-2H3. The molecule has 186 valence electrons. The van der Waals surface area contributed by atoms with Gasteiger partial charge in [0.25, 0.3) is 0 Å². The lowest BCUT2D eigenvalue weighted by Gasteiger charge is -2.15. The Kier molecular flexibility index (Phi) is 12.2. The minimum Gasteiger partial charge on any atom is -0.490 e. The Labute approximate surface area is 217 Å². The van der Waals surface area contributed by atoms with E-state index >= 15 is 0 Å². The van der Waals surface area contributed by atoms with Crippen molar-refractivity contribution in [3.05, 3.63) is 34.8 Å². The van der Waals surface area contributed by atoms with Gasteiger partial charge in [0.05, 0.1) is 24.9 Å². The molecule has 0 aliphatic rings. The number of hydrogen-bond donors (Lipinski definition) is 0. The molecule has 0 saturated heterocycles. The lowest BCUT2D eigenvalue weighted by Crippen LogP contribution is -2.03. The lowest BCUT2D eigenvalue weighted by atomic mass is 10.0. The average molecular weight is 548 g/mol. The highest BCUT2D eigenvalue weighted by Gasteiger charge is 2.13. The predicted molar refractivity (Wildman–Crippen MR) is 148 cm³/mol. The Morgan fingerprint density at radius 2 is 1.24 bits per heavy atom. The first-order valence-corrected chi connectivity index (χ1v) is 14.6. The zero-order valence-corrected chi connectivity index (χ0v) is 23.2. The van der Waals surface area contributed by atoms with E-state index < -0.39 is 0 Å². The highest BCUT2D eigenvalue weighted by atomic mass is 79.9. The van der Waals surface area contributed by atoms with Crippen molar-refractivity contribution in [1.82, 2.24) is 8.75 Å². The van der Waals surface area contributed by atoms with E-state index in [9.17, 15) is 0 Å². The average Bonchev–Trinajstić information content (AvgIpc) is 3.30. The molecule has 2 aromatic carbocycles. The third-order valence-corrected chi connectivity index (χ3v) is 7.32. The highest BCUT2D eigenvalue weighted by Crippen LogP contribution is 2.37. The summed E-state index contributed by atoms with van der Waals surface area (Å²) in [6, 6.07) is 10.4. The molecule has 0 aliphatic carbocycles. The molecule has 0 amide bonds. The van der Waals surface area contributed by atoms with E-state index in [0.29, 0.717) is 0 Å². The van der Waals surface area contributed by atoms with Crippen LogP contribution in [0.3, 0.4) is 0 Å². The number of fused-ring (bicyclic) bond motifs is 1. The smallest absolute Gasteiger partial charge is 0.161 e. The molecule has 0 spiro atoms. The van der Waals surface area contributed by atoms with E-state index in [0.717, 1.165) is 64.2 Å². The molecule has 1 aromatic heterocycles. The van der Waals surface area contributed by atoms with Crippen molar-refractivity contribution in [2.75, 3.05) is 13.2 Å². The minimum atomic E-state index is 0.721. The molecule has 0 saturated carbocycles. The number of rotatable bonds is 17. The van der Waals surface area contributed by atoms with Gasteiger partial charge in [-0.2, -0.15) is 8.75 Å². The van der Waals surface area contributed by atoms with Gasteiger partial charge >= 0.3 is 0 Å². The van der Waals surface area contributed by atoms with Crippen LogP contribution in [-0.4, -0.2) is 22.0 Å². The van der Waals surface area contributed by atoms with Gasteiger partial charge in [0.15, 0.2) is 11.5 Å². The number of ether oxygens (including phenoxy) is 2. The summed E-state index contributed by atoms with van der Waals surface area (Å²) in [5.41, 5.74) is 4.01. The van der Waals surface area contributed by atoms with E-state index in [1.165, 1.54) is 75.9 Å². The second-order valence-electron chi connectivity index (χ2n) is 8.98. The van der Waals surface area contributed by atoms with Crippen molar-refractivity contribution in [2.24, 2.45) is 0 Å². The number of unbranched alkanes of at least 4 members (excludes halogenated alkanes) is 10. The van der Waals surface area contributed by atoms with Crippen molar-refractivity contribution >= 4 is 38.7 Å². The van der Waals surface area contributed by atoms with Crippen LogP contribution in [0.4, 0.5) is 0 Å². The molecule has 0 fully saturated rings. The molecule has 0 aliphatic heterocycles. The number of nitrogens with zero attached hydrogens (tertiary/aromatic N) is 2. The molecule has 0 bridgehead atoms. The molecule has 4 nitrogen and oxygen atoms in total. The Bertz CT molecular complexity index is 992. The SMILES string of the molecule is CCCCCCCCOc1ccc(-c2cc3nsnc3cc2Br)cc1OCCCCCCCC. The van der Waals surface area contributed by atoms with Crippen LogP contribution in [-0.2, 0) is 0 Å². The molecule has 0 unspecified atom stereocenters. The van der Waals surface area contributed by atoms with Crippen LogP contribution in [0.25, 0.3) is 22.2 Å². The van der Waals surface area contributed by atoms with Crippen LogP contribution in [0.5, 0.6) is 11.5 Å². The molecule has 34 heavy (non-hydrogen) atoms. The van der Waals surface area contributed by atoms with Gasteiger partial charge in [0.2, 0.25) is 0 Å². The van der Waals surface area contributed by atoms with E-state index in [1.807, 2.05) is 6.07 Å². The fourth-order valence-corrected chi connectivity index (χ4v) is 5.13. The van der Waals surface area contributed by atoms with Gasteiger partial charge in [-0.1, -0.05) is 100 Å². The van der Waals surface area contributed by atoms with Gasteiger partial charge in [-0.25, -0.2) is 0 Å². The zero-order valence-electron chi connectivity index (χ0n) is 20.8. The van der Waals surface area contributed by atoms with Gasteiger partial charge < -0.3 is 9.47 Å². The van der Waals surface area contributed by atoms with Crippen molar-refractivity contribution in [3.8, 4) is 22.6 Å². The monoisotopic (exact) mass is 546 g/mol. The summed E-state index contributed by atoms with van der Waals surface area (Å²) in [7, 11) is 0. The molecular weight excluding hydrogens is 508 g/mol. The molecule has 0 atom stereocenters. The predicted octanol–water partition coefficient (Wildman–Crippen LogP) is 9.60. The second kappa shape index (κ2) is 15.4. The van der Waals surface area contributed by atoms with Gasteiger partial charge in [0, 0.05) is 4.47 Å². The first kappa shape index (κ1) is 26.9. The summed E-state index contributed by atoms with van der Waals surface area (Å²) in [6.07, 6.45) is 15.0. The summed E-state index contributed by atoms with van der Waals surface area (Å²) in [5.74, 6) is 1.68. The Hall–Kier alpha value is -1.66. The Morgan fingerprint density at radius 3 is 1.88 bits per heavy atom. The number of benzene rings is 2. The van der Waals surface area contributed by atoms with Crippen molar-refractivity contribution in [2.45, 2.75) is 90.9 Å². The van der Waals surface area contributed by atoms with Gasteiger partial charge in [0.1, 0.15) is 11.0 Å². The van der Waals surface area contributed by atoms with Crippen molar-refractivity contribution in [1.29, 1.82) is 0 Å². The highest BCUT2D eigenvalue weighted by molar-refractivity contribution is 9.10. The zero-order chi connectivity index (χ0) is 24.0. The van der Waals surface area contributed by atoms with Crippen LogP contribution in [0, 0.1) is 0 Å². The maximum atomic E-state index is 6.26. The molecule has 3 rings (SSSR count). The molecule has 0 radical (unpaired) electrons. The summed E-state index contributed by atoms with van der Waals surface area (Å²) >= 11 is 4.96. The van der Waals surface area contributed by atoms with Gasteiger partial charge in [-0.3, -0.25) is 0 Å². The van der Waals surface area contributed by atoms with Crippen LogP contribution in [0.2, 0.25) is 0 Å². The van der Waals surface area contributed by atoms with E-state index in [1.54, 1.807) is 0 Å². The summed E-state index contributed by atoms with van der Waals surface area (Å²) in [4.78, 5) is 0. The van der Waals surface area contributed by atoms with Crippen LogP contribution in [0.15, 0.2) is 34.8 Å². The van der Waals surface area contributed by atoms with E-state index in [-0.39, 0.29) is 0 Å². The first-order chi connectivity index (χ1) is 16.7. The van der Waals surface area contributed by atoms with Gasteiger partial charge in [-0.05, 0) is 48.2 Å². The molecule has 6 heteroatoms. The van der Waals surface area contributed by atoms with Crippen molar-refractivity contribution < 1.29 is 9.47 Å². The van der Waals surface area contributed by atoms with E-state index in [4.69, 9.17) is 9.47 Å². The topological polar surface area (TPSA) is 44.2 Å². The summed E-state index contributed by atoms with van der Waals surface area (Å²) in [6.45, 7) is 5.96. The number of hydrogen-bond acceptors (Lipinski definition) is 5. The molecule has 1 heterocycles. The van der Waals surface area contributed by atoms with Crippen LogP contribution < -0.4 is 9.47 Å². The molecule has 0 N–H and O–H groups in total. The first-order valence-electron chi connectivity index (χ1n) is 13.0. The third-order valence-electron chi connectivity index (χ3n) is 6.11. The maximum absolute atomic E-state index is 6.26. The Morgan fingerprint density at radius 1 is 0.676 bits per heavy atom.